The summed E-state index contributed by atoms with van der Waals surface area (Å²) >= 11 is 0. The van der Waals surface area contributed by atoms with Gasteiger partial charge in [0.2, 0.25) is 6.23 Å². The zero-order valence-corrected chi connectivity index (χ0v) is 18.1. The van der Waals surface area contributed by atoms with E-state index in [1.54, 1.807) is 43.3 Å². The van der Waals surface area contributed by atoms with Gasteiger partial charge in [-0.05, 0) is 43.3 Å². The minimum atomic E-state index is -1.38. The standard InChI is InChI=1S/C23H23F2N5O4/c1-2-34-23(30-10-6-9-19(22(30)32)28-15-7-4-3-5-8-15)21(31)27-13-16-17(24)11-14(12-18(16)25)20(26)29-33/h3-12,23,28,33H,2,13H2,1H3,(H2,26,29)(H,27,31). The maximum Gasteiger partial charge on any atom is 0.276 e. The van der Waals surface area contributed by atoms with Crippen LogP contribution in [0.3, 0.4) is 0 Å². The van der Waals surface area contributed by atoms with Gasteiger partial charge in [0.05, 0.1) is 0 Å². The Kier molecular flexibility index (Phi) is 8.06. The lowest BCUT2D eigenvalue weighted by Crippen LogP contribution is -2.39. The van der Waals surface area contributed by atoms with Gasteiger partial charge in [-0.15, -0.1) is 0 Å². The molecule has 0 spiro atoms. The van der Waals surface area contributed by atoms with Crippen molar-refractivity contribution in [3.8, 4) is 0 Å². The number of hydroxylamine groups is 1. The van der Waals surface area contributed by atoms with Crippen molar-refractivity contribution < 1.29 is 23.5 Å². The van der Waals surface area contributed by atoms with Crippen molar-refractivity contribution in [2.75, 3.05) is 11.9 Å². The molecule has 0 fully saturated rings. The molecule has 1 heterocycles. The molecule has 1 amide bonds. The Morgan fingerprint density at radius 3 is 2.44 bits per heavy atom. The Labute approximate surface area is 193 Å². The molecule has 0 radical (unpaired) electrons. The van der Waals surface area contributed by atoms with Gasteiger partial charge in [0.15, 0.2) is 0 Å². The number of carbonyl (C=O) groups is 1. The van der Waals surface area contributed by atoms with Crippen LogP contribution in [0.1, 0.15) is 24.3 Å². The smallest absolute Gasteiger partial charge is 0.276 e. The van der Waals surface area contributed by atoms with Crippen LogP contribution in [0.25, 0.3) is 0 Å². The molecule has 2 aromatic carbocycles. The summed E-state index contributed by atoms with van der Waals surface area (Å²) in [6, 6.07) is 13.8. The number of pyridine rings is 1. The van der Waals surface area contributed by atoms with E-state index in [1.807, 2.05) is 6.07 Å². The number of ether oxygens (including phenoxy) is 1. The second-order valence-corrected chi connectivity index (χ2v) is 7.06. The van der Waals surface area contributed by atoms with Crippen LogP contribution >= 0.6 is 0 Å². The van der Waals surface area contributed by atoms with Crippen LogP contribution in [0.5, 0.6) is 0 Å². The number of aromatic nitrogens is 1. The van der Waals surface area contributed by atoms with Gasteiger partial charge in [-0.2, -0.15) is 0 Å². The molecule has 178 valence electrons. The Morgan fingerprint density at radius 1 is 1.15 bits per heavy atom. The lowest BCUT2D eigenvalue weighted by Gasteiger charge is -2.20. The van der Waals surface area contributed by atoms with E-state index in [-0.39, 0.29) is 17.9 Å². The average Bonchev–Trinajstić information content (AvgIpc) is 2.83. The highest BCUT2D eigenvalue weighted by molar-refractivity contribution is 5.95. The zero-order chi connectivity index (χ0) is 24.7. The van der Waals surface area contributed by atoms with E-state index in [2.05, 4.69) is 10.6 Å². The van der Waals surface area contributed by atoms with Gasteiger partial charge in [-0.25, -0.2) is 8.78 Å². The number of hydrogen-bond donors (Lipinski definition) is 5. The molecule has 0 saturated carbocycles. The third-order valence-electron chi connectivity index (χ3n) is 4.81. The summed E-state index contributed by atoms with van der Waals surface area (Å²) < 4.78 is 35.3. The van der Waals surface area contributed by atoms with Crippen molar-refractivity contribution in [2.45, 2.75) is 19.7 Å². The Hall–Kier alpha value is -4.09. The first-order valence-electron chi connectivity index (χ1n) is 10.2. The van der Waals surface area contributed by atoms with Crippen molar-refractivity contribution in [1.82, 2.24) is 15.4 Å². The number of hydrogen-bond acceptors (Lipinski definition) is 6. The Morgan fingerprint density at radius 2 is 1.82 bits per heavy atom. The first-order valence-corrected chi connectivity index (χ1v) is 10.2. The number of anilines is 2. The molecule has 11 heteroatoms. The van der Waals surface area contributed by atoms with Gasteiger partial charge < -0.3 is 15.4 Å². The van der Waals surface area contributed by atoms with Gasteiger partial charge in [-0.3, -0.25) is 30.3 Å². The van der Waals surface area contributed by atoms with Crippen molar-refractivity contribution in [3.63, 3.8) is 0 Å². The van der Waals surface area contributed by atoms with Crippen LogP contribution in [0.2, 0.25) is 0 Å². The largest absolute Gasteiger partial charge is 0.351 e. The molecule has 1 aromatic heterocycles. The number of rotatable bonds is 9. The van der Waals surface area contributed by atoms with Crippen LogP contribution < -0.4 is 21.7 Å². The number of nitrogens with one attached hydrogen (secondary N) is 4. The summed E-state index contributed by atoms with van der Waals surface area (Å²) in [5.74, 6) is -3.41. The summed E-state index contributed by atoms with van der Waals surface area (Å²) in [4.78, 5) is 25.8. The highest BCUT2D eigenvalue weighted by atomic mass is 19.1. The lowest BCUT2D eigenvalue weighted by atomic mass is 10.1. The van der Waals surface area contributed by atoms with Gasteiger partial charge in [0.1, 0.15) is 23.2 Å². The van der Waals surface area contributed by atoms with Crippen LogP contribution in [-0.4, -0.2) is 28.1 Å². The van der Waals surface area contributed by atoms with E-state index >= 15 is 0 Å². The summed E-state index contributed by atoms with van der Waals surface area (Å²) in [7, 11) is 0. The fourth-order valence-corrected chi connectivity index (χ4v) is 3.15. The van der Waals surface area contributed by atoms with Gasteiger partial charge in [0, 0.05) is 36.2 Å². The van der Waals surface area contributed by atoms with E-state index in [0.717, 1.165) is 16.7 Å². The molecular weight excluding hydrogens is 448 g/mol. The van der Waals surface area contributed by atoms with E-state index < -0.39 is 47.3 Å². The molecule has 9 nitrogen and oxygen atoms in total. The first-order chi connectivity index (χ1) is 16.3. The van der Waals surface area contributed by atoms with Crippen molar-refractivity contribution in [3.05, 3.63) is 93.9 Å². The number of amidine groups is 1. The molecule has 3 aromatic rings. The normalized spacial score (nSPS) is 11.5. The molecule has 0 aliphatic heterocycles. The predicted octanol–water partition coefficient (Wildman–Crippen LogP) is 3.03. The van der Waals surface area contributed by atoms with E-state index in [4.69, 9.17) is 15.4 Å². The van der Waals surface area contributed by atoms with Crippen LogP contribution in [0.15, 0.2) is 65.6 Å². The number of carbonyl (C=O) groups excluding carboxylic acids is 1. The van der Waals surface area contributed by atoms with Crippen molar-refractivity contribution in [1.29, 1.82) is 5.41 Å². The molecule has 0 saturated heterocycles. The number of benzene rings is 2. The van der Waals surface area contributed by atoms with Crippen LogP contribution in [-0.2, 0) is 16.1 Å². The molecule has 0 bridgehead atoms. The highest BCUT2D eigenvalue weighted by Gasteiger charge is 2.24. The molecule has 5 N–H and O–H groups in total. The van der Waals surface area contributed by atoms with Gasteiger partial charge in [0.25, 0.3) is 11.5 Å². The van der Waals surface area contributed by atoms with E-state index in [9.17, 15) is 18.4 Å². The summed E-state index contributed by atoms with van der Waals surface area (Å²) in [5.41, 5.74) is 1.19. The number of halogens is 2. The minimum absolute atomic E-state index is 0.0918. The average molecular weight is 471 g/mol. The number of amides is 1. The quantitative estimate of drug-likeness (QED) is 0.185. The zero-order valence-electron chi connectivity index (χ0n) is 18.1. The molecular formula is C23H23F2N5O4. The predicted molar refractivity (Wildman–Crippen MR) is 121 cm³/mol. The lowest BCUT2D eigenvalue weighted by molar-refractivity contribution is -0.139. The fraction of sp³-hybridized carbons (Fsp3) is 0.174. The van der Waals surface area contributed by atoms with Crippen molar-refractivity contribution in [2.24, 2.45) is 0 Å². The third-order valence-corrected chi connectivity index (χ3v) is 4.81. The van der Waals surface area contributed by atoms with Crippen LogP contribution in [0.4, 0.5) is 20.2 Å². The van der Waals surface area contributed by atoms with E-state index in [0.29, 0.717) is 5.69 Å². The second-order valence-electron chi connectivity index (χ2n) is 7.06. The summed E-state index contributed by atoms with van der Waals surface area (Å²) in [6.45, 7) is 1.20. The number of para-hydroxylation sites is 1. The molecule has 3 rings (SSSR count). The summed E-state index contributed by atoms with van der Waals surface area (Å²) in [6.07, 6.45) is -0.00537. The monoisotopic (exact) mass is 471 g/mol. The SMILES string of the molecule is CCOC(C(=O)NCc1c(F)cc(C(=N)NO)cc1F)n1cccc(Nc2ccccc2)c1=O. The van der Waals surface area contributed by atoms with Gasteiger partial charge in [-0.1, -0.05) is 18.2 Å². The fourth-order valence-electron chi connectivity index (χ4n) is 3.15. The van der Waals surface area contributed by atoms with E-state index in [1.165, 1.54) is 11.7 Å². The minimum Gasteiger partial charge on any atom is -0.351 e. The molecule has 0 aliphatic rings. The van der Waals surface area contributed by atoms with Crippen molar-refractivity contribution >= 4 is 23.1 Å². The Balaban J connectivity index is 1.81. The first kappa shape index (κ1) is 24.6. The van der Waals surface area contributed by atoms with Gasteiger partial charge >= 0.3 is 0 Å². The van der Waals surface area contributed by atoms with Crippen LogP contribution in [0, 0.1) is 17.0 Å². The maximum absolute atomic E-state index is 14.4. The molecule has 1 unspecified atom stereocenters. The summed E-state index contributed by atoms with van der Waals surface area (Å²) in [5, 5.41) is 21.5. The second kappa shape index (κ2) is 11.2. The maximum atomic E-state index is 14.4. The molecule has 0 aliphatic carbocycles. The topological polar surface area (TPSA) is 128 Å². The molecule has 1 atom stereocenters. The number of nitrogens with zero attached hydrogens (tertiary/aromatic N) is 1. The third kappa shape index (κ3) is 5.63. The Bertz CT molecular complexity index is 1210. The highest BCUT2D eigenvalue weighted by Crippen LogP contribution is 2.17. The molecule has 34 heavy (non-hydrogen) atoms.